The van der Waals surface area contributed by atoms with Gasteiger partial charge >= 0.3 is 0 Å². The molecule has 2 aromatic heterocycles. The summed E-state index contributed by atoms with van der Waals surface area (Å²) in [5.41, 5.74) is 0. The Balaban J connectivity index is 1.50. The average Bonchev–Trinajstić information content (AvgIpc) is 3.25. The van der Waals surface area contributed by atoms with Gasteiger partial charge in [-0.1, -0.05) is 18.1 Å². The average molecular weight is 349 g/mol. The molecule has 0 radical (unpaired) electrons. The first-order valence-corrected chi connectivity index (χ1v) is 9.34. The first-order chi connectivity index (χ1) is 11.7. The predicted molar refractivity (Wildman–Crippen MR) is 91.5 cm³/mol. The van der Waals surface area contributed by atoms with Crippen molar-refractivity contribution in [2.75, 3.05) is 13.2 Å². The van der Waals surface area contributed by atoms with Crippen LogP contribution in [0.25, 0.3) is 10.7 Å². The van der Waals surface area contributed by atoms with Gasteiger partial charge in [-0.3, -0.25) is 4.79 Å². The molecule has 0 aromatic carbocycles. The molecule has 6 nitrogen and oxygen atoms in total. The lowest BCUT2D eigenvalue weighted by molar-refractivity contribution is -0.137. The highest BCUT2D eigenvalue weighted by Crippen LogP contribution is 2.24. The Morgan fingerprint density at radius 2 is 2.42 bits per heavy atom. The van der Waals surface area contributed by atoms with Crippen LogP contribution >= 0.6 is 11.3 Å². The van der Waals surface area contributed by atoms with E-state index in [1.54, 1.807) is 11.3 Å². The van der Waals surface area contributed by atoms with Crippen LogP contribution in [-0.2, 0) is 11.2 Å². The third kappa shape index (κ3) is 3.84. The van der Waals surface area contributed by atoms with Gasteiger partial charge in [0.2, 0.25) is 17.6 Å². The molecule has 0 saturated carbocycles. The van der Waals surface area contributed by atoms with Gasteiger partial charge in [0, 0.05) is 19.4 Å². The minimum Gasteiger partial charge on any atom is -0.394 e. The molecule has 1 amide bonds. The molecule has 2 aromatic rings. The summed E-state index contributed by atoms with van der Waals surface area (Å²) in [5, 5.41) is 15.5. The third-order valence-corrected chi connectivity index (χ3v) is 5.48. The van der Waals surface area contributed by atoms with E-state index in [1.165, 1.54) is 0 Å². The number of hydrogen-bond donors (Lipinski definition) is 1. The number of thiophene rings is 1. The summed E-state index contributed by atoms with van der Waals surface area (Å²) in [6.07, 6.45) is 3.80. The molecule has 2 atom stereocenters. The van der Waals surface area contributed by atoms with E-state index in [0.29, 0.717) is 36.9 Å². The van der Waals surface area contributed by atoms with E-state index in [2.05, 4.69) is 17.1 Å². The van der Waals surface area contributed by atoms with E-state index >= 15 is 0 Å². The van der Waals surface area contributed by atoms with Crippen LogP contribution in [0.1, 0.15) is 38.5 Å². The second-order valence-corrected chi connectivity index (χ2v) is 7.25. The second-order valence-electron chi connectivity index (χ2n) is 6.30. The van der Waals surface area contributed by atoms with Crippen molar-refractivity contribution >= 4 is 17.2 Å². The van der Waals surface area contributed by atoms with Gasteiger partial charge in [-0.15, -0.1) is 11.3 Å². The van der Waals surface area contributed by atoms with Crippen molar-refractivity contribution in [1.82, 2.24) is 15.0 Å². The van der Waals surface area contributed by atoms with E-state index in [4.69, 9.17) is 4.52 Å². The largest absolute Gasteiger partial charge is 0.394 e. The van der Waals surface area contributed by atoms with Crippen molar-refractivity contribution in [3.63, 3.8) is 0 Å². The fourth-order valence-corrected chi connectivity index (χ4v) is 3.88. The molecule has 1 N–H and O–H groups in total. The van der Waals surface area contributed by atoms with Crippen molar-refractivity contribution in [2.24, 2.45) is 5.92 Å². The summed E-state index contributed by atoms with van der Waals surface area (Å²) in [4.78, 5) is 19.6. The predicted octanol–water partition coefficient (Wildman–Crippen LogP) is 2.74. The van der Waals surface area contributed by atoms with Crippen LogP contribution in [-0.4, -0.2) is 45.2 Å². The standard InChI is InChI=1S/C17H23N3O3S/c1-12-5-3-9-20(13(12)11-21)16(22)8-2-7-15-18-17(19-23-15)14-6-4-10-24-14/h4,6,10,12-13,21H,2-3,5,7-9,11H2,1H3. The first kappa shape index (κ1) is 17.1. The van der Waals surface area contributed by atoms with Gasteiger partial charge in [0.1, 0.15) is 0 Å². The molecule has 2 unspecified atom stereocenters. The van der Waals surface area contributed by atoms with Crippen LogP contribution in [0.4, 0.5) is 0 Å². The highest BCUT2D eigenvalue weighted by molar-refractivity contribution is 7.13. The molecule has 0 aliphatic carbocycles. The highest BCUT2D eigenvalue weighted by Gasteiger charge is 2.30. The quantitative estimate of drug-likeness (QED) is 0.867. The Hall–Kier alpha value is -1.73. The van der Waals surface area contributed by atoms with Gasteiger partial charge in [-0.25, -0.2) is 0 Å². The smallest absolute Gasteiger partial charge is 0.226 e. The van der Waals surface area contributed by atoms with E-state index < -0.39 is 0 Å². The summed E-state index contributed by atoms with van der Waals surface area (Å²) < 4.78 is 5.26. The van der Waals surface area contributed by atoms with Gasteiger partial charge in [0.05, 0.1) is 17.5 Å². The topological polar surface area (TPSA) is 79.5 Å². The van der Waals surface area contributed by atoms with Gasteiger partial charge in [-0.05, 0) is 36.6 Å². The molecular formula is C17H23N3O3S. The fraction of sp³-hybridized carbons (Fsp3) is 0.588. The number of piperidine rings is 1. The van der Waals surface area contributed by atoms with Gasteiger partial charge in [0.15, 0.2) is 0 Å². The molecule has 0 bridgehead atoms. The summed E-state index contributed by atoms with van der Waals surface area (Å²) in [6.45, 7) is 2.89. The number of carbonyl (C=O) groups is 1. The van der Waals surface area contributed by atoms with Crippen molar-refractivity contribution in [2.45, 2.75) is 45.1 Å². The van der Waals surface area contributed by atoms with Gasteiger partial charge < -0.3 is 14.5 Å². The van der Waals surface area contributed by atoms with Gasteiger partial charge in [-0.2, -0.15) is 4.98 Å². The molecule has 3 heterocycles. The van der Waals surface area contributed by atoms with E-state index in [-0.39, 0.29) is 18.6 Å². The van der Waals surface area contributed by atoms with Crippen LogP contribution in [0.3, 0.4) is 0 Å². The number of carbonyl (C=O) groups excluding carboxylic acids is 1. The zero-order valence-electron chi connectivity index (χ0n) is 13.9. The lowest BCUT2D eigenvalue weighted by Gasteiger charge is -2.39. The number of rotatable bonds is 6. The maximum absolute atomic E-state index is 12.4. The molecule has 1 saturated heterocycles. The van der Waals surface area contributed by atoms with Crippen LogP contribution in [0.2, 0.25) is 0 Å². The Bertz CT molecular complexity index is 656. The first-order valence-electron chi connectivity index (χ1n) is 8.46. The third-order valence-electron chi connectivity index (χ3n) is 4.61. The van der Waals surface area contributed by atoms with Crippen molar-refractivity contribution < 1.29 is 14.4 Å². The molecule has 3 rings (SSSR count). The van der Waals surface area contributed by atoms with Crippen LogP contribution in [0.5, 0.6) is 0 Å². The lowest BCUT2D eigenvalue weighted by Crippen LogP contribution is -2.49. The number of aliphatic hydroxyl groups excluding tert-OH is 1. The van der Waals surface area contributed by atoms with Crippen LogP contribution < -0.4 is 0 Å². The molecule has 7 heteroatoms. The molecular weight excluding hydrogens is 326 g/mol. The number of nitrogens with zero attached hydrogens (tertiary/aromatic N) is 3. The van der Waals surface area contributed by atoms with Crippen LogP contribution in [0, 0.1) is 5.92 Å². The molecule has 0 spiro atoms. The summed E-state index contributed by atoms with van der Waals surface area (Å²) in [5.74, 6) is 1.64. The summed E-state index contributed by atoms with van der Waals surface area (Å²) >= 11 is 1.57. The zero-order chi connectivity index (χ0) is 16.9. The van der Waals surface area contributed by atoms with Crippen LogP contribution in [0.15, 0.2) is 22.0 Å². The van der Waals surface area contributed by atoms with E-state index in [0.717, 1.165) is 24.3 Å². The van der Waals surface area contributed by atoms with Gasteiger partial charge in [0.25, 0.3) is 0 Å². The molecule has 1 aliphatic rings. The maximum atomic E-state index is 12.4. The number of hydrogen-bond acceptors (Lipinski definition) is 6. The minimum absolute atomic E-state index is 0.0416. The fourth-order valence-electron chi connectivity index (χ4n) is 3.23. The Labute approximate surface area is 145 Å². The molecule has 130 valence electrons. The monoisotopic (exact) mass is 349 g/mol. The number of aliphatic hydroxyl groups is 1. The number of likely N-dealkylation sites (tertiary alicyclic amines) is 1. The second kappa shape index (κ2) is 7.90. The maximum Gasteiger partial charge on any atom is 0.226 e. The summed E-state index contributed by atoms with van der Waals surface area (Å²) in [6, 6.07) is 3.86. The Kier molecular flexibility index (Phi) is 5.63. The highest BCUT2D eigenvalue weighted by atomic mass is 32.1. The van der Waals surface area contributed by atoms with E-state index in [1.807, 2.05) is 22.4 Å². The van der Waals surface area contributed by atoms with Crippen molar-refractivity contribution in [3.05, 3.63) is 23.4 Å². The SMILES string of the molecule is CC1CCCN(C(=O)CCCc2nc(-c3cccs3)no2)C1CO. The van der Waals surface area contributed by atoms with Crippen molar-refractivity contribution in [3.8, 4) is 10.7 Å². The molecule has 24 heavy (non-hydrogen) atoms. The zero-order valence-corrected chi connectivity index (χ0v) is 14.7. The number of amides is 1. The van der Waals surface area contributed by atoms with E-state index in [9.17, 15) is 9.90 Å². The van der Waals surface area contributed by atoms with Crippen molar-refractivity contribution in [1.29, 1.82) is 0 Å². The Morgan fingerprint density at radius 1 is 1.54 bits per heavy atom. The lowest BCUT2D eigenvalue weighted by atomic mass is 9.91. The normalized spacial score (nSPS) is 21.2. The number of aromatic nitrogens is 2. The minimum atomic E-state index is -0.0416. The number of aryl methyl sites for hydroxylation is 1. The Morgan fingerprint density at radius 3 is 3.17 bits per heavy atom. The summed E-state index contributed by atoms with van der Waals surface area (Å²) in [7, 11) is 0. The molecule has 1 aliphatic heterocycles. The molecule has 1 fully saturated rings.